The Morgan fingerprint density at radius 1 is 1.08 bits per heavy atom. The fraction of sp³-hybridized carbons (Fsp3) is 0.0588. The number of carbonyl (C=O) groups excluding carboxylic acids is 1. The van der Waals surface area contributed by atoms with Crippen LogP contribution < -0.4 is 11.1 Å². The first kappa shape index (κ1) is 15.3. The number of carbonyl (C=O) groups is 1. The smallest absolute Gasteiger partial charge is 0.270 e. The Bertz CT molecular complexity index is 1030. The summed E-state index contributed by atoms with van der Waals surface area (Å²) >= 11 is 1.25. The molecule has 0 fully saturated rings. The summed E-state index contributed by atoms with van der Waals surface area (Å²) in [7, 11) is 0. The summed E-state index contributed by atoms with van der Waals surface area (Å²) in [4.78, 5) is 12.9. The topological polar surface area (TPSA) is 98.2 Å². The molecule has 0 saturated carbocycles. The van der Waals surface area contributed by atoms with Crippen molar-refractivity contribution in [1.29, 1.82) is 0 Å². The van der Waals surface area contributed by atoms with E-state index in [4.69, 9.17) is 5.73 Å². The van der Waals surface area contributed by atoms with Crippen molar-refractivity contribution in [2.45, 2.75) is 6.04 Å². The number of anilines is 1. The number of aromatic nitrogens is 4. The van der Waals surface area contributed by atoms with Gasteiger partial charge in [0.05, 0.1) is 11.7 Å². The molecule has 0 radical (unpaired) electrons. The molecular weight excluding hydrogens is 336 g/mol. The molecule has 0 aliphatic rings. The minimum atomic E-state index is -0.436. The average molecular weight is 350 g/mol. The molecular formula is C17H14N6OS. The summed E-state index contributed by atoms with van der Waals surface area (Å²) in [5.41, 5.74) is 7.91. The number of fused-ring (bicyclic) bond motifs is 1. The van der Waals surface area contributed by atoms with Crippen LogP contribution in [-0.2, 0) is 0 Å². The quantitative estimate of drug-likeness (QED) is 0.588. The summed E-state index contributed by atoms with van der Waals surface area (Å²) in [5, 5.41) is 16.2. The van der Waals surface area contributed by atoms with E-state index >= 15 is 0 Å². The van der Waals surface area contributed by atoms with Gasteiger partial charge >= 0.3 is 0 Å². The number of rotatable bonds is 4. The van der Waals surface area contributed by atoms with Gasteiger partial charge in [0.25, 0.3) is 5.91 Å². The number of hydrogen-bond donors (Lipinski definition) is 2. The predicted molar refractivity (Wildman–Crippen MR) is 95.3 cm³/mol. The molecule has 0 aliphatic carbocycles. The van der Waals surface area contributed by atoms with Crippen molar-refractivity contribution in [3.05, 3.63) is 77.1 Å². The number of pyridine rings is 1. The zero-order chi connectivity index (χ0) is 17.2. The lowest BCUT2D eigenvalue weighted by Crippen LogP contribution is -2.30. The molecule has 124 valence electrons. The lowest BCUT2D eigenvalue weighted by molar-refractivity contribution is 0.0935. The highest BCUT2D eigenvalue weighted by atomic mass is 32.1. The van der Waals surface area contributed by atoms with Crippen molar-refractivity contribution in [3.63, 3.8) is 0 Å². The van der Waals surface area contributed by atoms with E-state index < -0.39 is 6.04 Å². The van der Waals surface area contributed by atoms with Crippen molar-refractivity contribution in [2.75, 3.05) is 5.73 Å². The monoisotopic (exact) mass is 350 g/mol. The van der Waals surface area contributed by atoms with E-state index in [0.29, 0.717) is 15.8 Å². The molecule has 1 atom stereocenters. The third-order valence-corrected chi connectivity index (χ3v) is 4.58. The molecule has 3 aromatic heterocycles. The van der Waals surface area contributed by atoms with Gasteiger partial charge in [0.1, 0.15) is 16.7 Å². The number of benzene rings is 1. The highest BCUT2D eigenvalue weighted by molar-refractivity contribution is 7.15. The van der Waals surface area contributed by atoms with Crippen LogP contribution in [0.4, 0.5) is 5.13 Å². The SMILES string of the molecule is Nc1nnc([C@@H](NC(=O)c2cccc3ccnn23)c2ccccc2)s1. The second-order valence-electron chi connectivity index (χ2n) is 5.37. The van der Waals surface area contributed by atoms with E-state index in [2.05, 4.69) is 20.6 Å². The Morgan fingerprint density at radius 2 is 1.92 bits per heavy atom. The number of amides is 1. The van der Waals surface area contributed by atoms with Gasteiger partial charge in [0.15, 0.2) is 0 Å². The third kappa shape index (κ3) is 2.94. The zero-order valence-corrected chi connectivity index (χ0v) is 13.9. The number of hydrogen-bond acceptors (Lipinski definition) is 6. The molecule has 0 aliphatic heterocycles. The Hall–Kier alpha value is -3.26. The van der Waals surface area contributed by atoms with Gasteiger partial charge in [-0.15, -0.1) is 10.2 Å². The molecule has 0 bridgehead atoms. The molecule has 1 aromatic carbocycles. The van der Waals surface area contributed by atoms with Crippen LogP contribution in [0.2, 0.25) is 0 Å². The number of nitrogens with one attached hydrogen (secondary N) is 1. The molecule has 4 rings (SSSR count). The fourth-order valence-corrected chi connectivity index (χ4v) is 3.31. The molecule has 1 amide bonds. The lowest BCUT2D eigenvalue weighted by Gasteiger charge is -2.17. The molecule has 0 unspecified atom stereocenters. The summed E-state index contributed by atoms with van der Waals surface area (Å²) in [6.45, 7) is 0. The molecule has 0 saturated heterocycles. The van der Waals surface area contributed by atoms with E-state index in [-0.39, 0.29) is 5.91 Å². The summed E-state index contributed by atoms with van der Waals surface area (Å²) < 4.78 is 1.60. The minimum Gasteiger partial charge on any atom is -0.374 e. The molecule has 3 N–H and O–H groups in total. The largest absolute Gasteiger partial charge is 0.374 e. The first-order valence-electron chi connectivity index (χ1n) is 7.60. The molecule has 8 heteroatoms. The number of nitrogens with two attached hydrogens (primary N) is 1. The van der Waals surface area contributed by atoms with Gasteiger partial charge in [-0.05, 0) is 23.8 Å². The molecule has 3 heterocycles. The van der Waals surface area contributed by atoms with Crippen LogP contribution in [0.3, 0.4) is 0 Å². The summed E-state index contributed by atoms with van der Waals surface area (Å²) in [5.74, 6) is -0.253. The van der Waals surface area contributed by atoms with Crippen LogP contribution in [0, 0.1) is 0 Å². The van der Waals surface area contributed by atoms with E-state index in [1.807, 2.05) is 48.5 Å². The summed E-state index contributed by atoms with van der Waals surface area (Å²) in [6.07, 6.45) is 1.66. The predicted octanol–water partition coefficient (Wildman–Crippen LogP) is 2.29. The molecule has 0 spiro atoms. The maximum Gasteiger partial charge on any atom is 0.270 e. The lowest BCUT2D eigenvalue weighted by atomic mass is 10.1. The highest BCUT2D eigenvalue weighted by Crippen LogP contribution is 2.26. The van der Waals surface area contributed by atoms with Gasteiger partial charge in [-0.2, -0.15) is 5.10 Å². The van der Waals surface area contributed by atoms with Crippen LogP contribution in [0.5, 0.6) is 0 Å². The molecule has 4 aromatic rings. The van der Waals surface area contributed by atoms with Gasteiger partial charge in [-0.1, -0.05) is 47.7 Å². The van der Waals surface area contributed by atoms with E-state index in [9.17, 15) is 4.79 Å². The van der Waals surface area contributed by atoms with Crippen LogP contribution >= 0.6 is 11.3 Å². The van der Waals surface area contributed by atoms with Gasteiger partial charge in [-0.3, -0.25) is 4.79 Å². The van der Waals surface area contributed by atoms with Gasteiger partial charge in [-0.25, -0.2) is 4.52 Å². The Kier molecular flexibility index (Phi) is 3.87. The average Bonchev–Trinajstić information content (AvgIpc) is 3.28. The summed E-state index contributed by atoms with van der Waals surface area (Å²) in [6, 6.07) is 16.4. The van der Waals surface area contributed by atoms with E-state index in [0.717, 1.165) is 11.1 Å². The van der Waals surface area contributed by atoms with E-state index in [1.165, 1.54) is 11.3 Å². The maximum atomic E-state index is 12.9. The molecule has 7 nitrogen and oxygen atoms in total. The Morgan fingerprint density at radius 3 is 2.68 bits per heavy atom. The van der Waals surface area contributed by atoms with Crippen LogP contribution in [0.1, 0.15) is 27.1 Å². The minimum absolute atomic E-state index is 0.253. The first-order chi connectivity index (χ1) is 12.2. The normalized spacial score (nSPS) is 12.2. The van der Waals surface area contributed by atoms with Gasteiger partial charge in [0, 0.05) is 0 Å². The Balaban J connectivity index is 1.71. The van der Waals surface area contributed by atoms with Crippen LogP contribution in [0.25, 0.3) is 5.52 Å². The number of nitrogens with zero attached hydrogens (tertiary/aromatic N) is 4. The van der Waals surface area contributed by atoms with Gasteiger partial charge in [0.2, 0.25) is 5.13 Å². The van der Waals surface area contributed by atoms with Crippen molar-refractivity contribution in [2.24, 2.45) is 0 Å². The van der Waals surface area contributed by atoms with Crippen LogP contribution in [0.15, 0.2) is 60.8 Å². The van der Waals surface area contributed by atoms with Crippen molar-refractivity contribution in [1.82, 2.24) is 25.1 Å². The van der Waals surface area contributed by atoms with Crippen molar-refractivity contribution < 1.29 is 4.79 Å². The fourth-order valence-electron chi connectivity index (χ4n) is 2.62. The number of nitrogen functional groups attached to an aromatic ring is 1. The second-order valence-corrected chi connectivity index (χ2v) is 6.42. The van der Waals surface area contributed by atoms with Crippen molar-refractivity contribution >= 4 is 27.9 Å². The second kappa shape index (κ2) is 6.33. The zero-order valence-electron chi connectivity index (χ0n) is 13.0. The van der Waals surface area contributed by atoms with Crippen molar-refractivity contribution in [3.8, 4) is 0 Å². The van der Waals surface area contributed by atoms with E-state index in [1.54, 1.807) is 16.8 Å². The standard InChI is InChI=1S/C17H14N6OS/c18-17-22-21-16(25-17)14(11-5-2-1-3-6-11)20-15(24)13-8-4-7-12-9-10-19-23(12)13/h1-10,14H,(H2,18,22)(H,20,24)/t14-/m0/s1. The third-order valence-electron chi connectivity index (χ3n) is 3.77. The highest BCUT2D eigenvalue weighted by Gasteiger charge is 2.22. The maximum absolute atomic E-state index is 12.9. The Labute approximate surface area is 147 Å². The van der Waals surface area contributed by atoms with Crippen LogP contribution in [-0.4, -0.2) is 25.7 Å². The first-order valence-corrected chi connectivity index (χ1v) is 8.41. The molecule has 25 heavy (non-hydrogen) atoms. The van der Waals surface area contributed by atoms with Gasteiger partial charge < -0.3 is 11.1 Å².